The Morgan fingerprint density at radius 2 is 1.11 bits per heavy atom. The van der Waals surface area contributed by atoms with E-state index in [0.29, 0.717) is 22.9 Å². The van der Waals surface area contributed by atoms with E-state index in [0.717, 1.165) is 83.4 Å². The number of aryl methyl sites for hydroxylation is 1. The van der Waals surface area contributed by atoms with Gasteiger partial charge in [-0.3, -0.25) is 14.6 Å². The molecule has 3 aliphatic carbocycles. The van der Waals surface area contributed by atoms with Crippen molar-refractivity contribution in [3.05, 3.63) is 215 Å². The van der Waals surface area contributed by atoms with Crippen LogP contribution in [0.4, 0.5) is 25.0 Å². The second-order valence-electron chi connectivity index (χ2n) is 36.0. The molecule has 0 spiro atoms. The number of aliphatic hydroxyl groups excluding tert-OH is 4. The Labute approximate surface area is 780 Å². The molecule has 0 aliphatic heterocycles. The molecule has 3 saturated carbocycles. The Morgan fingerprint density at radius 3 is 1.52 bits per heavy atom. The maximum Gasteiger partial charge on any atom is 2.00 e. The van der Waals surface area contributed by atoms with Crippen molar-refractivity contribution < 1.29 is 89.5 Å². The van der Waals surface area contributed by atoms with E-state index in [-0.39, 0.29) is 121 Å². The second kappa shape index (κ2) is 59.4. The van der Waals surface area contributed by atoms with E-state index in [1.807, 2.05) is 159 Å². The molecule has 122 heavy (non-hydrogen) atoms. The fraction of sp³-hybridized carbons (Fsp3) is 0.538. The number of carbonyl (C=O) groups is 3. The average molecular weight is 1880 g/mol. The van der Waals surface area contributed by atoms with Gasteiger partial charge in [-0.15, -0.1) is 23.0 Å². The molecular formula is C93H147BrF2MgN8O12S2Si2Ti. The van der Waals surface area contributed by atoms with Crippen molar-refractivity contribution in [2.75, 3.05) is 17.3 Å². The molecule has 3 atom stereocenters. The molecule has 7 aromatic rings. The van der Waals surface area contributed by atoms with Crippen LogP contribution in [-0.2, 0) is 65.0 Å². The molecule has 0 radical (unpaired) electrons. The van der Waals surface area contributed by atoms with E-state index < -0.39 is 72.8 Å². The number of carboxylic acids is 1. The number of hydrogen-bond acceptors (Lipinski definition) is 14. The zero-order valence-corrected chi connectivity index (χ0v) is 85.8. The van der Waals surface area contributed by atoms with Crippen LogP contribution in [0, 0.1) is 42.4 Å². The number of ketones is 1. The first-order valence-electron chi connectivity index (χ1n) is 41.2. The van der Waals surface area contributed by atoms with Gasteiger partial charge in [-0.1, -0.05) is 188 Å². The van der Waals surface area contributed by atoms with Gasteiger partial charge in [0, 0.05) is 81.2 Å². The predicted octanol–water partition coefficient (Wildman–Crippen LogP) is 20.4. The topological polar surface area (TPSA) is 322 Å². The Kier molecular flexibility index (Phi) is 58.6. The number of halogens is 3. The smallest absolute Gasteiger partial charge is 1.00 e. The van der Waals surface area contributed by atoms with Gasteiger partial charge >= 0.3 is 44.0 Å². The molecule has 2 unspecified atom stereocenters. The molecule has 0 saturated heterocycles. The van der Waals surface area contributed by atoms with Crippen molar-refractivity contribution in [1.82, 2.24) is 19.8 Å². The summed E-state index contributed by atoms with van der Waals surface area (Å²) in [7, 11) is -3.94. The van der Waals surface area contributed by atoms with E-state index in [4.69, 9.17) is 36.0 Å². The fourth-order valence-electron chi connectivity index (χ4n) is 9.89. The van der Waals surface area contributed by atoms with Gasteiger partial charge < -0.3 is 51.8 Å². The molecule has 3 aliphatic rings. The van der Waals surface area contributed by atoms with Crippen molar-refractivity contribution in [2.45, 2.75) is 299 Å². The third kappa shape index (κ3) is 54.4. The number of anilines is 2. The number of aromatic carboxylic acids is 1. The number of alkyl carbamates (subject to hydrolysis) is 1. The summed E-state index contributed by atoms with van der Waals surface area (Å²) in [4.78, 5) is 34.6. The number of amides is 1. The molecule has 11 N–H and O–H groups in total. The normalized spacial score (nSPS) is 13.8. The van der Waals surface area contributed by atoms with Gasteiger partial charge in [-0.2, -0.15) is 23.3 Å². The summed E-state index contributed by atoms with van der Waals surface area (Å²) in [5, 5.41) is 53.2. The number of aliphatic hydroxyl groups is 4. The van der Waals surface area contributed by atoms with Crippen LogP contribution >= 0.6 is 17.0 Å². The Bertz CT molecular complexity index is 4190. The molecule has 1 aromatic heterocycles. The fourth-order valence-corrected chi connectivity index (χ4v) is 12.6. The summed E-state index contributed by atoms with van der Waals surface area (Å²) in [6, 6.07) is 50.9. The van der Waals surface area contributed by atoms with Gasteiger partial charge in [-0.25, -0.2) is 36.2 Å². The van der Waals surface area contributed by atoms with Gasteiger partial charge in [0.05, 0.1) is 54.1 Å². The van der Waals surface area contributed by atoms with Crippen molar-refractivity contribution in [3.63, 3.8) is 0 Å². The minimum absolute atomic E-state index is 0. The largest absolute Gasteiger partial charge is 2.00 e. The zero-order chi connectivity index (χ0) is 91.0. The van der Waals surface area contributed by atoms with Gasteiger partial charge in [0.25, 0.3) is 0 Å². The van der Waals surface area contributed by atoms with Crippen molar-refractivity contribution >= 4 is 114 Å². The molecule has 1 amide bonds. The minimum Gasteiger partial charge on any atom is -1.00 e. The first kappa shape index (κ1) is 120. The van der Waals surface area contributed by atoms with E-state index in [9.17, 15) is 41.2 Å². The van der Waals surface area contributed by atoms with Crippen molar-refractivity contribution in [3.8, 4) is 5.69 Å². The number of carbonyl (C=O) groups excluding carboxylic acids is 2. The average Bonchev–Trinajstić information content (AvgIpc) is 1.56. The Balaban J connectivity index is -0.000000681. The number of carboxylic acid groups (broad SMARTS) is 1. The third-order valence-corrected chi connectivity index (χ3v) is 23.9. The van der Waals surface area contributed by atoms with E-state index in [1.54, 1.807) is 126 Å². The summed E-state index contributed by atoms with van der Waals surface area (Å²) in [5.41, 5.74) is 12.5. The maximum atomic E-state index is 13.9. The summed E-state index contributed by atoms with van der Waals surface area (Å²) < 4.78 is 78.9. The molecule has 10 rings (SSSR count). The molecule has 6 aromatic carbocycles. The standard InChI is InChI=1S/C22H29FN2OS.C17H21N3O4.C16H23NOSi.C12H14O.C10H15FNSi.C4H11NOS.4C3H8O.BrH.Mg.Ti.H/c1-21(2,3)27(26)25-22(14-13-16-9-10-16,17-7-5-4-6-8-17)18-11-12-19(23)20(24)15-18;1-11-8-14(15(21)22)20(19-11)13-7-5-6-12(9-13)10-18-16(23)24-17(2,3)4;1-16(2,3)19(18)17-15(12-11-13-9-10-13)14-7-5-4-6-8-14;13-12(9-8-10-6-7-10)11-4-2-1-3-5-11;1-12(13(2,3)4)10-8-6-5-7-9(10)11;1-4(2,3)7(5)6;4*1-3(2)4;;;;/h4-8,11-12,15-16,25H,9-10,13-14,24H2,1-3H3;5-9H,10H2,1-4H3,(H,18,23)(H,21,22);4-8,13H,9-12H2,1-3H3;1-5,10H,6-9H2;5,7-8H,1-4H3;5H2,1-3H3;4*3-4H,1-2H3;1H;;;/q;;;;-1;;;;;;;+2;;-1/t;;;;;7-;;;;;;;;/m.....1......../s1. The van der Waals surface area contributed by atoms with E-state index >= 15 is 0 Å². The first-order chi connectivity index (χ1) is 55.0. The first-order valence-corrected chi connectivity index (χ1v) is 48.4. The van der Waals surface area contributed by atoms with Crippen LogP contribution in [-0.4, -0.2) is 154 Å². The van der Waals surface area contributed by atoms with E-state index in [1.165, 1.54) is 67.8 Å². The third-order valence-electron chi connectivity index (χ3n) is 17.1. The SMILES string of the molecule is Br.CC(C)(C)S(=O)NC(CCC1CC1)(c1ccccc1)c1ccc(F)c(N)c1.CC(C)(C)[S@](N)=O.CC(C)(C)[Si](=O)N=C(CCC1CC1)c1ccccc1.CC(C)O.CC(C)O.CC(C)O.CC(C)O.CN(c1c[c-]ccc1F)[Si](C)(C)C.Cc1cc(C(=O)O)n(-c2cccc(CNC(=O)OC(C)(C)C)c2)n1.O=C(CCC1CC1)c1ccccc1.[H-].[Mg+2].[Ti]. The monoisotopic (exact) mass is 1880 g/mol. The van der Waals surface area contributed by atoms with Crippen LogP contribution in [0.3, 0.4) is 0 Å². The van der Waals surface area contributed by atoms with Gasteiger partial charge in [0.2, 0.25) is 0 Å². The number of benzene rings is 6. The summed E-state index contributed by atoms with van der Waals surface area (Å²) in [6.45, 7) is 45.1. The van der Waals surface area contributed by atoms with Crippen LogP contribution in [0.15, 0.2) is 162 Å². The van der Waals surface area contributed by atoms with Crippen LogP contribution in [0.25, 0.3) is 5.69 Å². The molecule has 1 heterocycles. The minimum atomic E-state index is -1.94. The van der Waals surface area contributed by atoms with Crippen LogP contribution in [0.2, 0.25) is 24.7 Å². The zero-order valence-electron chi connectivity index (χ0n) is 78.5. The van der Waals surface area contributed by atoms with E-state index in [2.05, 4.69) is 57.6 Å². The molecule has 0 bridgehead atoms. The number of aromatic nitrogens is 2. The maximum absolute atomic E-state index is 13.9. The molecule has 678 valence electrons. The summed E-state index contributed by atoms with van der Waals surface area (Å²) in [5.74, 6) is 1.11. The van der Waals surface area contributed by atoms with Gasteiger partial charge in [-0.05, 0) is 240 Å². The summed E-state index contributed by atoms with van der Waals surface area (Å²) >= 11 is 0. The number of ether oxygens (including phenoxy) is 1. The number of nitrogen functional groups attached to an aromatic ring is 1. The number of Topliss-reactive ketones (excluding diaryl/α,β-unsaturated/α-hetero) is 1. The van der Waals surface area contributed by atoms with Crippen LogP contribution in [0.1, 0.15) is 266 Å². The second-order valence-corrected chi connectivity index (χ2v) is 47.1. The molecule has 20 nitrogen and oxygen atoms in total. The number of hydrogen-bond donors (Lipinski definition) is 9. The van der Waals surface area contributed by atoms with Gasteiger partial charge in [0.1, 0.15) is 19.7 Å². The summed E-state index contributed by atoms with van der Waals surface area (Å²) in [6.07, 6.45) is 12.5. The number of rotatable bonds is 22. The predicted molar refractivity (Wildman–Crippen MR) is 509 cm³/mol. The molecule has 29 heteroatoms. The number of nitrogens with one attached hydrogen (secondary N) is 2. The Hall–Kier alpha value is -5.68. The van der Waals surface area contributed by atoms with Gasteiger partial charge in [0.15, 0.2) is 11.5 Å². The Morgan fingerprint density at radius 1 is 0.664 bits per heavy atom. The molecular weight excluding hydrogens is 1730 g/mol. The number of nitrogens with two attached hydrogens (primary N) is 2. The number of nitrogens with zero attached hydrogens (tertiary/aromatic N) is 4. The quantitative estimate of drug-likeness (QED) is 0.0100. The van der Waals surface area contributed by atoms with Crippen LogP contribution < -0.4 is 25.5 Å². The van der Waals surface area contributed by atoms with Crippen molar-refractivity contribution in [2.24, 2.45) is 27.6 Å². The van der Waals surface area contributed by atoms with Crippen molar-refractivity contribution in [1.29, 1.82) is 0 Å². The molecule has 3 fully saturated rings. The van der Waals surface area contributed by atoms with Crippen LogP contribution in [0.5, 0.6) is 0 Å².